The van der Waals surface area contributed by atoms with Crippen LogP contribution in [0.5, 0.6) is 0 Å². The molecular formula is C13H24N2O. The van der Waals surface area contributed by atoms with Crippen LogP contribution in [-0.4, -0.2) is 36.0 Å². The fourth-order valence-electron chi connectivity index (χ4n) is 2.72. The number of carbonyl (C=O) groups is 1. The molecule has 1 N–H and O–H groups in total. The molecule has 3 nitrogen and oxygen atoms in total. The van der Waals surface area contributed by atoms with Gasteiger partial charge in [0.05, 0.1) is 6.54 Å². The zero-order chi connectivity index (χ0) is 11.5. The van der Waals surface area contributed by atoms with Crippen LogP contribution in [0.3, 0.4) is 0 Å². The Morgan fingerprint density at radius 2 is 2.06 bits per heavy atom. The highest BCUT2D eigenvalue weighted by atomic mass is 16.2. The molecule has 1 saturated carbocycles. The first kappa shape index (κ1) is 11.9. The van der Waals surface area contributed by atoms with Crippen molar-refractivity contribution >= 4 is 5.91 Å². The van der Waals surface area contributed by atoms with Crippen LogP contribution in [0.1, 0.15) is 46.0 Å². The molecule has 3 heteroatoms. The summed E-state index contributed by atoms with van der Waals surface area (Å²) in [6.45, 7) is 5.93. The third-order valence-electron chi connectivity index (χ3n) is 3.95. The number of amides is 1. The van der Waals surface area contributed by atoms with Gasteiger partial charge in [-0.1, -0.05) is 6.92 Å². The van der Waals surface area contributed by atoms with E-state index in [1.165, 1.54) is 25.7 Å². The van der Waals surface area contributed by atoms with E-state index in [0.29, 0.717) is 24.5 Å². The highest BCUT2D eigenvalue weighted by Gasteiger charge is 2.32. The Bertz CT molecular complexity index is 250. The Labute approximate surface area is 98.6 Å². The molecule has 1 saturated heterocycles. The molecule has 0 aromatic carbocycles. The molecule has 1 aliphatic carbocycles. The van der Waals surface area contributed by atoms with E-state index in [4.69, 9.17) is 0 Å². The molecule has 2 fully saturated rings. The van der Waals surface area contributed by atoms with Crippen molar-refractivity contribution < 1.29 is 4.79 Å². The highest BCUT2D eigenvalue weighted by Crippen LogP contribution is 2.28. The van der Waals surface area contributed by atoms with Crippen molar-refractivity contribution in [1.82, 2.24) is 10.2 Å². The van der Waals surface area contributed by atoms with Gasteiger partial charge >= 0.3 is 0 Å². The molecule has 0 aromatic rings. The Kier molecular flexibility index (Phi) is 3.85. The van der Waals surface area contributed by atoms with Crippen LogP contribution in [0.25, 0.3) is 0 Å². The molecule has 2 atom stereocenters. The SMILES string of the molecule is CCC1CCC(C)N1C(=O)CNCC1CC1. The number of hydrogen-bond donors (Lipinski definition) is 1. The predicted octanol–water partition coefficient (Wildman–Crippen LogP) is 1.78. The minimum atomic E-state index is 0.303. The molecule has 16 heavy (non-hydrogen) atoms. The number of carbonyl (C=O) groups excluding carboxylic acids is 1. The van der Waals surface area contributed by atoms with Crippen molar-refractivity contribution in [2.45, 2.75) is 58.0 Å². The molecule has 2 aliphatic rings. The van der Waals surface area contributed by atoms with E-state index in [2.05, 4.69) is 24.1 Å². The first-order valence-electron chi connectivity index (χ1n) is 6.74. The molecule has 2 rings (SSSR count). The Balaban J connectivity index is 1.76. The maximum Gasteiger partial charge on any atom is 0.237 e. The van der Waals surface area contributed by atoms with Gasteiger partial charge in [0.15, 0.2) is 0 Å². The Morgan fingerprint density at radius 1 is 1.31 bits per heavy atom. The minimum absolute atomic E-state index is 0.303. The lowest BCUT2D eigenvalue weighted by molar-refractivity contribution is -0.132. The molecule has 0 spiro atoms. The normalized spacial score (nSPS) is 29.8. The van der Waals surface area contributed by atoms with Gasteiger partial charge in [-0.3, -0.25) is 4.79 Å². The lowest BCUT2D eigenvalue weighted by Crippen LogP contribution is -2.44. The van der Waals surface area contributed by atoms with Crippen molar-refractivity contribution in [2.75, 3.05) is 13.1 Å². The van der Waals surface area contributed by atoms with Crippen LogP contribution in [0, 0.1) is 5.92 Å². The topological polar surface area (TPSA) is 32.3 Å². The van der Waals surface area contributed by atoms with Crippen LogP contribution < -0.4 is 5.32 Å². The van der Waals surface area contributed by atoms with Crippen LogP contribution in [0.15, 0.2) is 0 Å². The second-order valence-electron chi connectivity index (χ2n) is 5.36. The van der Waals surface area contributed by atoms with E-state index in [-0.39, 0.29) is 0 Å². The standard InChI is InChI=1S/C13H24N2O/c1-3-12-7-4-10(2)15(12)13(16)9-14-8-11-5-6-11/h10-12,14H,3-9H2,1-2H3. The third kappa shape index (κ3) is 2.76. The molecule has 1 amide bonds. The lowest BCUT2D eigenvalue weighted by atomic mass is 10.1. The first-order chi connectivity index (χ1) is 7.72. The summed E-state index contributed by atoms with van der Waals surface area (Å²) in [5.41, 5.74) is 0. The summed E-state index contributed by atoms with van der Waals surface area (Å²) >= 11 is 0. The minimum Gasteiger partial charge on any atom is -0.336 e. The number of hydrogen-bond acceptors (Lipinski definition) is 2. The zero-order valence-electron chi connectivity index (χ0n) is 10.5. The summed E-state index contributed by atoms with van der Waals surface area (Å²) in [4.78, 5) is 14.2. The fourth-order valence-corrected chi connectivity index (χ4v) is 2.72. The summed E-state index contributed by atoms with van der Waals surface area (Å²) in [6.07, 6.45) is 6.15. The van der Waals surface area contributed by atoms with Crippen molar-refractivity contribution in [3.05, 3.63) is 0 Å². The van der Waals surface area contributed by atoms with Crippen LogP contribution in [0.4, 0.5) is 0 Å². The quantitative estimate of drug-likeness (QED) is 0.772. The lowest BCUT2D eigenvalue weighted by Gasteiger charge is -2.28. The predicted molar refractivity (Wildman–Crippen MR) is 65.2 cm³/mol. The van der Waals surface area contributed by atoms with Gasteiger partial charge in [-0.05, 0) is 51.5 Å². The fraction of sp³-hybridized carbons (Fsp3) is 0.923. The van der Waals surface area contributed by atoms with Gasteiger partial charge in [-0.15, -0.1) is 0 Å². The maximum atomic E-state index is 12.1. The summed E-state index contributed by atoms with van der Waals surface area (Å²) in [5, 5.41) is 3.30. The number of nitrogens with one attached hydrogen (secondary N) is 1. The van der Waals surface area contributed by atoms with Crippen LogP contribution in [0.2, 0.25) is 0 Å². The van der Waals surface area contributed by atoms with Crippen molar-refractivity contribution in [2.24, 2.45) is 5.92 Å². The molecule has 2 unspecified atom stereocenters. The van der Waals surface area contributed by atoms with Gasteiger partial charge in [0, 0.05) is 12.1 Å². The zero-order valence-corrected chi connectivity index (χ0v) is 10.5. The second-order valence-corrected chi connectivity index (χ2v) is 5.36. The van der Waals surface area contributed by atoms with E-state index < -0.39 is 0 Å². The van der Waals surface area contributed by atoms with Crippen LogP contribution in [-0.2, 0) is 4.79 Å². The number of likely N-dealkylation sites (tertiary alicyclic amines) is 1. The van der Waals surface area contributed by atoms with Crippen molar-refractivity contribution in [3.63, 3.8) is 0 Å². The average molecular weight is 224 g/mol. The third-order valence-corrected chi connectivity index (χ3v) is 3.95. The molecular weight excluding hydrogens is 200 g/mol. The van der Waals surface area contributed by atoms with Crippen LogP contribution >= 0.6 is 0 Å². The smallest absolute Gasteiger partial charge is 0.237 e. The maximum absolute atomic E-state index is 12.1. The van der Waals surface area contributed by atoms with Gasteiger partial charge in [0.1, 0.15) is 0 Å². The van der Waals surface area contributed by atoms with Crippen molar-refractivity contribution in [1.29, 1.82) is 0 Å². The van der Waals surface area contributed by atoms with E-state index >= 15 is 0 Å². The van der Waals surface area contributed by atoms with Gasteiger partial charge in [0.25, 0.3) is 0 Å². The van der Waals surface area contributed by atoms with E-state index in [1.807, 2.05) is 0 Å². The number of rotatable bonds is 5. The van der Waals surface area contributed by atoms with E-state index in [0.717, 1.165) is 18.9 Å². The molecule has 0 radical (unpaired) electrons. The van der Waals surface area contributed by atoms with E-state index in [1.54, 1.807) is 0 Å². The van der Waals surface area contributed by atoms with Gasteiger partial charge in [-0.25, -0.2) is 0 Å². The van der Waals surface area contributed by atoms with Crippen molar-refractivity contribution in [3.8, 4) is 0 Å². The van der Waals surface area contributed by atoms with Gasteiger partial charge in [0.2, 0.25) is 5.91 Å². The molecule has 1 heterocycles. The first-order valence-corrected chi connectivity index (χ1v) is 6.74. The Hall–Kier alpha value is -0.570. The number of nitrogens with zero attached hydrogens (tertiary/aromatic N) is 1. The Morgan fingerprint density at radius 3 is 2.69 bits per heavy atom. The van der Waals surface area contributed by atoms with E-state index in [9.17, 15) is 4.79 Å². The monoisotopic (exact) mass is 224 g/mol. The molecule has 92 valence electrons. The highest BCUT2D eigenvalue weighted by molar-refractivity contribution is 5.79. The molecule has 1 aliphatic heterocycles. The van der Waals surface area contributed by atoms with Gasteiger partial charge < -0.3 is 10.2 Å². The van der Waals surface area contributed by atoms with Gasteiger partial charge in [-0.2, -0.15) is 0 Å². The summed E-state index contributed by atoms with van der Waals surface area (Å²) in [5.74, 6) is 1.16. The molecule has 0 bridgehead atoms. The summed E-state index contributed by atoms with van der Waals surface area (Å²) in [7, 11) is 0. The largest absolute Gasteiger partial charge is 0.336 e. The summed E-state index contributed by atoms with van der Waals surface area (Å²) < 4.78 is 0. The summed E-state index contributed by atoms with van der Waals surface area (Å²) in [6, 6.07) is 0.936. The average Bonchev–Trinajstić information content (AvgIpc) is 3.00. The molecule has 0 aromatic heterocycles. The second kappa shape index (κ2) is 5.17.